The zero-order valence-corrected chi connectivity index (χ0v) is 17.0. The van der Waals surface area contributed by atoms with Crippen LogP contribution in [0.2, 0.25) is 0 Å². The van der Waals surface area contributed by atoms with E-state index in [9.17, 15) is 14.9 Å². The molecule has 0 fully saturated rings. The van der Waals surface area contributed by atoms with Gasteiger partial charge in [0.1, 0.15) is 11.5 Å². The highest BCUT2D eigenvalue weighted by Crippen LogP contribution is 2.25. The summed E-state index contributed by atoms with van der Waals surface area (Å²) in [6.45, 7) is 3.71. The van der Waals surface area contributed by atoms with Crippen molar-refractivity contribution in [3.63, 3.8) is 0 Å². The van der Waals surface area contributed by atoms with Gasteiger partial charge in [0.05, 0.1) is 17.2 Å². The molecule has 0 atom stereocenters. The number of aromatic nitrogens is 1. The van der Waals surface area contributed by atoms with Crippen LogP contribution >= 0.6 is 0 Å². The smallest absolute Gasteiger partial charge is 0.338 e. The van der Waals surface area contributed by atoms with E-state index in [1.807, 2.05) is 13.0 Å². The monoisotopic (exact) mass is 423 g/mol. The summed E-state index contributed by atoms with van der Waals surface area (Å²) in [5.74, 6) is 0.861. The van der Waals surface area contributed by atoms with Crippen molar-refractivity contribution in [1.82, 2.24) is 5.16 Å². The topological polar surface area (TPSA) is 117 Å². The van der Waals surface area contributed by atoms with Crippen LogP contribution in [0.3, 0.4) is 0 Å². The summed E-state index contributed by atoms with van der Waals surface area (Å²) in [4.78, 5) is 22.7. The maximum Gasteiger partial charge on any atom is 0.338 e. The molecular formula is C22H21N3O6. The van der Waals surface area contributed by atoms with Crippen molar-refractivity contribution in [2.45, 2.75) is 13.8 Å². The number of carbonyl (C=O) groups is 1. The van der Waals surface area contributed by atoms with Gasteiger partial charge in [0.25, 0.3) is 5.91 Å². The van der Waals surface area contributed by atoms with Crippen LogP contribution in [0.1, 0.15) is 23.9 Å². The van der Waals surface area contributed by atoms with Gasteiger partial charge < -0.3 is 19.3 Å². The van der Waals surface area contributed by atoms with Crippen LogP contribution in [-0.2, 0) is 4.79 Å². The third kappa shape index (κ3) is 5.69. The Morgan fingerprint density at radius 3 is 2.61 bits per heavy atom. The van der Waals surface area contributed by atoms with E-state index in [0.717, 1.165) is 5.56 Å². The van der Waals surface area contributed by atoms with E-state index < -0.39 is 4.92 Å². The largest absolute Gasteiger partial charge is 0.492 e. The Hall–Kier alpha value is -4.14. The third-order valence-electron chi connectivity index (χ3n) is 4.18. The SMILES string of the molecule is CCOc1ccccc1NC(=O)COc1ccc(/C=C/c2onc(C)c2[N+](=O)[O-])cc1. The van der Waals surface area contributed by atoms with Crippen LogP contribution in [0, 0.1) is 17.0 Å². The van der Waals surface area contributed by atoms with E-state index >= 15 is 0 Å². The van der Waals surface area contributed by atoms with Crippen LogP contribution in [0.15, 0.2) is 53.1 Å². The predicted octanol–water partition coefficient (Wildman–Crippen LogP) is 4.48. The van der Waals surface area contributed by atoms with Gasteiger partial charge in [0.15, 0.2) is 12.3 Å². The molecule has 3 aromatic rings. The molecule has 0 spiro atoms. The number of para-hydroxylation sites is 2. The van der Waals surface area contributed by atoms with Gasteiger partial charge in [-0.3, -0.25) is 14.9 Å². The Labute approximate surface area is 178 Å². The number of nitrogens with zero attached hydrogens (tertiary/aromatic N) is 2. The van der Waals surface area contributed by atoms with Crippen LogP contribution in [0.4, 0.5) is 11.4 Å². The van der Waals surface area contributed by atoms with Gasteiger partial charge in [-0.05, 0) is 49.8 Å². The Balaban J connectivity index is 1.56. The summed E-state index contributed by atoms with van der Waals surface area (Å²) in [7, 11) is 0. The molecule has 0 saturated heterocycles. The molecule has 0 bridgehead atoms. The number of aryl methyl sites for hydroxylation is 1. The second kappa shape index (κ2) is 10.1. The molecule has 0 radical (unpaired) electrons. The number of nitro groups is 1. The van der Waals surface area contributed by atoms with Gasteiger partial charge in [-0.25, -0.2) is 0 Å². The van der Waals surface area contributed by atoms with Crippen molar-refractivity contribution in [1.29, 1.82) is 0 Å². The standard InChI is InChI=1S/C22H21N3O6/c1-3-29-19-7-5-4-6-18(19)23-21(26)14-30-17-11-8-16(9-12-17)10-13-20-22(25(27)28)15(2)24-31-20/h4-13H,3,14H2,1-2H3,(H,23,26)/b13-10+. The van der Waals surface area contributed by atoms with Gasteiger partial charge in [-0.1, -0.05) is 35.5 Å². The van der Waals surface area contributed by atoms with Crippen LogP contribution in [0.5, 0.6) is 11.5 Å². The fourth-order valence-corrected chi connectivity index (χ4v) is 2.75. The lowest BCUT2D eigenvalue weighted by molar-refractivity contribution is -0.386. The molecule has 1 aromatic heterocycles. The van der Waals surface area contributed by atoms with Crippen molar-refractivity contribution >= 4 is 29.4 Å². The molecular weight excluding hydrogens is 402 g/mol. The molecule has 3 rings (SSSR count). The average Bonchev–Trinajstić information content (AvgIpc) is 3.14. The van der Waals surface area contributed by atoms with Gasteiger partial charge in [-0.15, -0.1) is 0 Å². The lowest BCUT2D eigenvalue weighted by atomic mass is 10.2. The minimum atomic E-state index is -0.528. The summed E-state index contributed by atoms with van der Waals surface area (Å²) in [6, 6.07) is 14.1. The lowest BCUT2D eigenvalue weighted by Gasteiger charge is -2.11. The Morgan fingerprint density at radius 2 is 1.90 bits per heavy atom. The summed E-state index contributed by atoms with van der Waals surface area (Å²) >= 11 is 0. The number of amides is 1. The minimum absolute atomic E-state index is 0.0758. The minimum Gasteiger partial charge on any atom is -0.492 e. The van der Waals surface area contributed by atoms with E-state index in [1.165, 1.54) is 13.0 Å². The molecule has 0 aliphatic heterocycles. The second-order valence-electron chi connectivity index (χ2n) is 6.41. The molecule has 9 heteroatoms. The van der Waals surface area contributed by atoms with Gasteiger partial charge >= 0.3 is 5.69 Å². The maximum absolute atomic E-state index is 12.2. The Bertz CT molecular complexity index is 1090. The highest BCUT2D eigenvalue weighted by atomic mass is 16.6. The number of hydrogen-bond donors (Lipinski definition) is 1. The first-order chi connectivity index (χ1) is 15.0. The number of rotatable bonds is 9. The normalized spacial score (nSPS) is 10.8. The van der Waals surface area contributed by atoms with Crippen LogP contribution in [0.25, 0.3) is 12.2 Å². The summed E-state index contributed by atoms with van der Waals surface area (Å²) in [5.41, 5.74) is 1.41. The number of ether oxygens (including phenoxy) is 2. The molecule has 0 aliphatic carbocycles. The molecule has 9 nitrogen and oxygen atoms in total. The summed E-state index contributed by atoms with van der Waals surface area (Å²) in [5, 5.41) is 17.4. The van der Waals surface area contributed by atoms with Gasteiger partial charge in [0, 0.05) is 0 Å². The molecule has 160 valence electrons. The number of nitrogens with one attached hydrogen (secondary N) is 1. The van der Waals surface area contributed by atoms with E-state index in [2.05, 4.69) is 10.5 Å². The molecule has 1 amide bonds. The first-order valence-electron chi connectivity index (χ1n) is 9.51. The molecule has 2 aromatic carbocycles. The number of hydrogen-bond acceptors (Lipinski definition) is 7. The van der Waals surface area contributed by atoms with Gasteiger partial charge in [-0.2, -0.15) is 0 Å². The first-order valence-corrected chi connectivity index (χ1v) is 9.51. The fourth-order valence-electron chi connectivity index (χ4n) is 2.75. The third-order valence-corrected chi connectivity index (χ3v) is 4.18. The van der Waals surface area contributed by atoms with E-state index in [1.54, 1.807) is 48.5 Å². The molecule has 31 heavy (non-hydrogen) atoms. The molecule has 0 unspecified atom stereocenters. The average molecular weight is 423 g/mol. The number of anilines is 1. The maximum atomic E-state index is 12.2. The number of carbonyl (C=O) groups excluding carboxylic acids is 1. The Kier molecular flexibility index (Phi) is 7.00. The van der Waals surface area contributed by atoms with Crippen molar-refractivity contribution < 1.29 is 23.7 Å². The molecule has 1 heterocycles. The zero-order chi connectivity index (χ0) is 22.2. The molecule has 1 N–H and O–H groups in total. The van der Waals surface area contributed by atoms with Crippen LogP contribution in [-0.4, -0.2) is 29.2 Å². The van der Waals surface area contributed by atoms with Gasteiger partial charge in [0.2, 0.25) is 5.76 Å². The van der Waals surface area contributed by atoms with E-state index in [-0.39, 0.29) is 29.7 Å². The fraction of sp³-hybridized carbons (Fsp3) is 0.182. The van der Waals surface area contributed by atoms with Crippen LogP contribution < -0.4 is 14.8 Å². The number of benzene rings is 2. The van der Waals surface area contributed by atoms with E-state index in [4.69, 9.17) is 14.0 Å². The van der Waals surface area contributed by atoms with Crippen molar-refractivity contribution in [3.05, 3.63) is 75.7 Å². The zero-order valence-electron chi connectivity index (χ0n) is 17.0. The predicted molar refractivity (Wildman–Crippen MR) is 115 cm³/mol. The second-order valence-corrected chi connectivity index (χ2v) is 6.41. The van der Waals surface area contributed by atoms with Crippen molar-refractivity contribution in [2.24, 2.45) is 0 Å². The highest BCUT2D eigenvalue weighted by Gasteiger charge is 2.21. The summed E-state index contributed by atoms with van der Waals surface area (Å²) in [6.07, 6.45) is 3.14. The lowest BCUT2D eigenvalue weighted by Crippen LogP contribution is -2.20. The molecule has 0 aliphatic rings. The van der Waals surface area contributed by atoms with Crippen molar-refractivity contribution in [3.8, 4) is 11.5 Å². The highest BCUT2D eigenvalue weighted by molar-refractivity contribution is 5.93. The van der Waals surface area contributed by atoms with E-state index in [0.29, 0.717) is 23.8 Å². The summed E-state index contributed by atoms with van der Waals surface area (Å²) < 4.78 is 16.0. The van der Waals surface area contributed by atoms with Crippen molar-refractivity contribution in [2.75, 3.05) is 18.5 Å². The Morgan fingerprint density at radius 1 is 1.16 bits per heavy atom. The quantitative estimate of drug-likeness (QED) is 0.398. The first kappa shape index (κ1) is 21.6. The molecule has 0 saturated carbocycles.